The number of nitrogens with zero attached hydrogens (tertiary/aromatic N) is 4. The first-order valence-corrected chi connectivity index (χ1v) is 4.53. The number of fused-ring (bicyclic) bond motifs is 3. The Morgan fingerprint density at radius 1 is 1.20 bits per heavy atom. The van der Waals surface area contributed by atoms with E-state index in [0.717, 1.165) is 16.6 Å². The molecule has 3 aromatic rings. The Labute approximate surface area is 85.3 Å². The van der Waals surface area contributed by atoms with Gasteiger partial charge in [0.25, 0.3) is 0 Å². The van der Waals surface area contributed by atoms with E-state index in [4.69, 9.17) is 4.74 Å². The van der Waals surface area contributed by atoms with Crippen molar-refractivity contribution >= 4 is 16.6 Å². The topological polar surface area (TPSA) is 52.3 Å². The van der Waals surface area contributed by atoms with Crippen LogP contribution in [0.4, 0.5) is 0 Å². The summed E-state index contributed by atoms with van der Waals surface area (Å²) < 4.78 is 6.91. The van der Waals surface area contributed by atoms with E-state index in [1.807, 2.05) is 24.3 Å². The lowest BCUT2D eigenvalue weighted by molar-refractivity contribution is 0.402. The van der Waals surface area contributed by atoms with Crippen molar-refractivity contribution in [2.45, 2.75) is 0 Å². The largest absolute Gasteiger partial charge is 0.479 e. The number of methoxy groups -OCH3 is 1. The zero-order valence-corrected chi connectivity index (χ0v) is 8.08. The monoisotopic (exact) mass is 200 g/mol. The van der Waals surface area contributed by atoms with Gasteiger partial charge in [-0.05, 0) is 12.1 Å². The Hall–Kier alpha value is -2.17. The third-order valence-corrected chi connectivity index (χ3v) is 2.29. The summed E-state index contributed by atoms with van der Waals surface area (Å²) in [7, 11) is 1.59. The van der Waals surface area contributed by atoms with Crippen molar-refractivity contribution in [2.24, 2.45) is 0 Å². The number of hydrogen-bond donors (Lipinski definition) is 0. The van der Waals surface area contributed by atoms with Gasteiger partial charge in [0, 0.05) is 0 Å². The molecule has 5 nitrogen and oxygen atoms in total. The number of hydrogen-bond acceptors (Lipinski definition) is 4. The van der Waals surface area contributed by atoms with Gasteiger partial charge in [-0.25, -0.2) is 9.50 Å². The SMILES string of the molecule is COc1nc2ccccc2n2nncc12. The second-order valence-electron chi connectivity index (χ2n) is 3.14. The van der Waals surface area contributed by atoms with E-state index >= 15 is 0 Å². The van der Waals surface area contributed by atoms with Gasteiger partial charge in [0.1, 0.15) is 5.52 Å². The Morgan fingerprint density at radius 3 is 2.93 bits per heavy atom. The summed E-state index contributed by atoms with van der Waals surface area (Å²) in [5.74, 6) is 0.540. The van der Waals surface area contributed by atoms with Gasteiger partial charge in [0.15, 0.2) is 0 Å². The van der Waals surface area contributed by atoms with Gasteiger partial charge in [-0.2, -0.15) is 0 Å². The second kappa shape index (κ2) is 2.91. The van der Waals surface area contributed by atoms with Crippen LogP contribution in [0.1, 0.15) is 0 Å². The Balaban J connectivity index is 2.57. The first-order valence-electron chi connectivity index (χ1n) is 4.53. The molecule has 2 aromatic heterocycles. The molecule has 0 spiro atoms. The molecule has 74 valence electrons. The van der Waals surface area contributed by atoms with Crippen molar-refractivity contribution < 1.29 is 4.74 Å². The molecule has 0 fully saturated rings. The van der Waals surface area contributed by atoms with Gasteiger partial charge >= 0.3 is 0 Å². The summed E-state index contributed by atoms with van der Waals surface area (Å²) in [6, 6.07) is 7.73. The molecule has 3 rings (SSSR count). The van der Waals surface area contributed by atoms with E-state index < -0.39 is 0 Å². The zero-order chi connectivity index (χ0) is 10.3. The fraction of sp³-hybridized carbons (Fsp3) is 0.100. The predicted molar refractivity (Wildman–Crippen MR) is 54.8 cm³/mol. The van der Waals surface area contributed by atoms with Gasteiger partial charge in [0.2, 0.25) is 5.88 Å². The van der Waals surface area contributed by atoms with Crippen LogP contribution in [-0.2, 0) is 0 Å². The number of ether oxygens (including phenoxy) is 1. The van der Waals surface area contributed by atoms with Gasteiger partial charge in [0.05, 0.1) is 24.3 Å². The van der Waals surface area contributed by atoms with Crippen LogP contribution >= 0.6 is 0 Å². The highest BCUT2D eigenvalue weighted by atomic mass is 16.5. The molecule has 5 heteroatoms. The molecule has 0 aliphatic rings. The summed E-state index contributed by atoms with van der Waals surface area (Å²) in [5.41, 5.74) is 2.54. The van der Waals surface area contributed by atoms with Crippen LogP contribution in [0.3, 0.4) is 0 Å². The quantitative estimate of drug-likeness (QED) is 0.593. The fourth-order valence-corrected chi connectivity index (χ4v) is 1.61. The maximum absolute atomic E-state index is 5.18. The first kappa shape index (κ1) is 8.16. The molecule has 0 unspecified atom stereocenters. The molecule has 2 heterocycles. The Kier molecular flexibility index (Phi) is 1.58. The molecule has 0 saturated heterocycles. The van der Waals surface area contributed by atoms with Gasteiger partial charge in [-0.1, -0.05) is 17.3 Å². The lowest BCUT2D eigenvalue weighted by Crippen LogP contribution is -1.97. The maximum Gasteiger partial charge on any atom is 0.242 e. The van der Waals surface area contributed by atoms with Crippen molar-refractivity contribution in [3.8, 4) is 5.88 Å². The Morgan fingerprint density at radius 2 is 2.07 bits per heavy atom. The van der Waals surface area contributed by atoms with E-state index in [9.17, 15) is 0 Å². The summed E-state index contributed by atoms with van der Waals surface area (Å²) in [5, 5.41) is 7.86. The minimum absolute atomic E-state index is 0.540. The van der Waals surface area contributed by atoms with Crippen LogP contribution in [0.2, 0.25) is 0 Å². The zero-order valence-electron chi connectivity index (χ0n) is 8.08. The minimum atomic E-state index is 0.540. The summed E-state index contributed by atoms with van der Waals surface area (Å²) in [6.45, 7) is 0. The van der Waals surface area contributed by atoms with E-state index in [1.54, 1.807) is 17.8 Å². The molecular formula is C10H8N4O. The van der Waals surface area contributed by atoms with Crippen molar-refractivity contribution in [3.63, 3.8) is 0 Å². The molecule has 15 heavy (non-hydrogen) atoms. The molecule has 0 bridgehead atoms. The number of aromatic nitrogens is 4. The van der Waals surface area contributed by atoms with E-state index in [-0.39, 0.29) is 0 Å². The Bertz CT molecular complexity index is 631. The minimum Gasteiger partial charge on any atom is -0.479 e. The van der Waals surface area contributed by atoms with Crippen molar-refractivity contribution in [2.75, 3.05) is 7.11 Å². The highest BCUT2D eigenvalue weighted by Gasteiger charge is 2.08. The van der Waals surface area contributed by atoms with E-state index in [2.05, 4.69) is 15.3 Å². The number of para-hydroxylation sites is 2. The van der Waals surface area contributed by atoms with Crippen LogP contribution in [-0.4, -0.2) is 26.9 Å². The lowest BCUT2D eigenvalue weighted by Gasteiger charge is -2.04. The highest BCUT2D eigenvalue weighted by Crippen LogP contribution is 2.21. The molecule has 0 aliphatic carbocycles. The van der Waals surface area contributed by atoms with Crippen LogP contribution in [0, 0.1) is 0 Å². The van der Waals surface area contributed by atoms with Gasteiger partial charge in [-0.3, -0.25) is 0 Å². The van der Waals surface area contributed by atoms with Gasteiger partial charge in [-0.15, -0.1) is 5.10 Å². The van der Waals surface area contributed by atoms with Crippen molar-refractivity contribution in [1.29, 1.82) is 0 Å². The standard InChI is InChI=1S/C10H8N4O/c1-15-10-9-6-11-13-14(9)8-5-3-2-4-7(8)12-10/h2-6H,1H3. The van der Waals surface area contributed by atoms with E-state index in [1.165, 1.54) is 0 Å². The molecule has 0 saturated carbocycles. The third-order valence-electron chi connectivity index (χ3n) is 2.29. The molecule has 0 aliphatic heterocycles. The molecule has 0 N–H and O–H groups in total. The van der Waals surface area contributed by atoms with Crippen LogP contribution in [0.25, 0.3) is 16.6 Å². The molecular weight excluding hydrogens is 192 g/mol. The van der Waals surface area contributed by atoms with Crippen LogP contribution < -0.4 is 4.74 Å². The fourth-order valence-electron chi connectivity index (χ4n) is 1.61. The third kappa shape index (κ3) is 1.06. The normalized spacial score (nSPS) is 11.0. The lowest BCUT2D eigenvalue weighted by atomic mass is 10.3. The smallest absolute Gasteiger partial charge is 0.242 e. The van der Waals surface area contributed by atoms with Crippen molar-refractivity contribution in [1.82, 2.24) is 19.8 Å². The van der Waals surface area contributed by atoms with Crippen LogP contribution in [0.15, 0.2) is 30.5 Å². The van der Waals surface area contributed by atoms with Crippen molar-refractivity contribution in [3.05, 3.63) is 30.5 Å². The highest BCUT2D eigenvalue weighted by molar-refractivity contribution is 5.79. The predicted octanol–water partition coefficient (Wildman–Crippen LogP) is 1.29. The van der Waals surface area contributed by atoms with Gasteiger partial charge < -0.3 is 4.74 Å². The van der Waals surface area contributed by atoms with Crippen LogP contribution in [0.5, 0.6) is 5.88 Å². The maximum atomic E-state index is 5.18. The molecule has 1 aromatic carbocycles. The summed E-state index contributed by atoms with van der Waals surface area (Å²) in [6.07, 6.45) is 1.64. The molecule has 0 atom stereocenters. The summed E-state index contributed by atoms with van der Waals surface area (Å²) in [4.78, 5) is 4.37. The van der Waals surface area contributed by atoms with E-state index in [0.29, 0.717) is 5.88 Å². The average molecular weight is 200 g/mol. The summed E-state index contributed by atoms with van der Waals surface area (Å²) >= 11 is 0. The average Bonchev–Trinajstić information content (AvgIpc) is 2.77. The molecule has 0 radical (unpaired) electrons. The number of benzene rings is 1. The first-order chi connectivity index (χ1) is 7.40. The number of rotatable bonds is 1. The molecule has 0 amide bonds. The second-order valence-corrected chi connectivity index (χ2v) is 3.14.